The molecule has 0 saturated heterocycles. The van der Waals surface area contributed by atoms with Crippen molar-refractivity contribution in [2.75, 3.05) is 0 Å². The van der Waals surface area contributed by atoms with E-state index in [1.54, 1.807) is 25.2 Å². The van der Waals surface area contributed by atoms with Crippen LogP contribution < -0.4 is 11.3 Å². The second kappa shape index (κ2) is 3.40. The third kappa shape index (κ3) is 1.39. The molecule has 0 unspecified atom stereocenters. The highest BCUT2D eigenvalue weighted by Crippen LogP contribution is 2.22. The Morgan fingerprint density at radius 1 is 1.47 bits per heavy atom. The number of rotatable bonds is 1. The fraction of sp³-hybridized carbons (Fsp3) is 0.182. The Labute approximate surface area is 86.6 Å². The van der Waals surface area contributed by atoms with Gasteiger partial charge in [0.15, 0.2) is 0 Å². The molecule has 0 amide bonds. The molecule has 2 aromatic rings. The van der Waals surface area contributed by atoms with Gasteiger partial charge in [0.1, 0.15) is 5.75 Å². The largest absolute Gasteiger partial charge is 0.506 e. The third-order valence-corrected chi connectivity index (χ3v) is 2.51. The number of aromatic hydroxyl groups is 1. The lowest BCUT2D eigenvalue weighted by Crippen LogP contribution is -2.23. The molecule has 3 N–H and O–H groups in total. The number of nitrogens with two attached hydrogens (primary N) is 1. The third-order valence-electron chi connectivity index (χ3n) is 2.51. The number of phenols is 1. The van der Waals surface area contributed by atoms with Crippen LogP contribution >= 0.6 is 0 Å². The molecule has 0 radical (unpaired) electrons. The first kappa shape index (κ1) is 9.73. The number of hydrogen-bond donors (Lipinski definition) is 2. The zero-order valence-electron chi connectivity index (χ0n) is 8.40. The Kier molecular flexibility index (Phi) is 2.21. The number of aryl methyl sites for hydroxylation is 1. The minimum atomic E-state index is -0.161. The number of benzene rings is 1. The molecular weight excluding hydrogens is 192 g/mol. The topological polar surface area (TPSA) is 68.2 Å². The minimum absolute atomic E-state index is 0.107. The van der Waals surface area contributed by atoms with E-state index in [0.29, 0.717) is 11.1 Å². The second-order valence-corrected chi connectivity index (χ2v) is 3.45. The van der Waals surface area contributed by atoms with Gasteiger partial charge in [0.05, 0.1) is 5.52 Å². The first-order valence-electron chi connectivity index (χ1n) is 4.66. The predicted molar refractivity (Wildman–Crippen MR) is 58.7 cm³/mol. The smallest absolute Gasteiger partial charge is 0.255 e. The molecular formula is C11H12N2O2. The van der Waals surface area contributed by atoms with Gasteiger partial charge in [-0.15, -0.1) is 0 Å². The molecule has 15 heavy (non-hydrogen) atoms. The van der Waals surface area contributed by atoms with Crippen molar-refractivity contribution in [3.8, 4) is 5.75 Å². The summed E-state index contributed by atoms with van der Waals surface area (Å²) < 4.78 is 1.42. The van der Waals surface area contributed by atoms with Crippen LogP contribution in [-0.4, -0.2) is 9.67 Å². The highest BCUT2D eigenvalue weighted by atomic mass is 16.3. The van der Waals surface area contributed by atoms with Crippen molar-refractivity contribution in [3.05, 3.63) is 40.2 Å². The fourth-order valence-corrected chi connectivity index (χ4v) is 1.74. The maximum absolute atomic E-state index is 11.7. The van der Waals surface area contributed by atoms with Crippen molar-refractivity contribution in [3.63, 3.8) is 0 Å². The van der Waals surface area contributed by atoms with E-state index in [0.717, 1.165) is 5.39 Å². The quantitative estimate of drug-likeness (QED) is 0.718. The molecule has 4 heteroatoms. The van der Waals surface area contributed by atoms with E-state index in [2.05, 4.69) is 0 Å². The lowest BCUT2D eigenvalue weighted by atomic mass is 10.1. The van der Waals surface area contributed by atoms with Crippen LogP contribution in [0.4, 0.5) is 0 Å². The molecule has 2 rings (SSSR count). The van der Waals surface area contributed by atoms with Gasteiger partial charge in [-0.05, 0) is 12.1 Å². The summed E-state index contributed by atoms with van der Waals surface area (Å²) in [5, 5.41) is 10.5. The molecule has 1 aromatic heterocycles. The van der Waals surface area contributed by atoms with Gasteiger partial charge in [0.25, 0.3) is 5.56 Å². The van der Waals surface area contributed by atoms with E-state index < -0.39 is 0 Å². The lowest BCUT2D eigenvalue weighted by Gasteiger charge is -2.08. The van der Waals surface area contributed by atoms with E-state index in [-0.39, 0.29) is 17.9 Å². The molecule has 0 aliphatic heterocycles. The first-order chi connectivity index (χ1) is 7.15. The van der Waals surface area contributed by atoms with Crippen LogP contribution in [0.2, 0.25) is 0 Å². The SMILES string of the molecule is Cn1c(=O)c(CN)cc2cccc(O)c21. The second-order valence-electron chi connectivity index (χ2n) is 3.45. The first-order valence-corrected chi connectivity index (χ1v) is 4.66. The van der Waals surface area contributed by atoms with Gasteiger partial charge in [-0.1, -0.05) is 12.1 Å². The van der Waals surface area contributed by atoms with Gasteiger partial charge in [0.2, 0.25) is 0 Å². The molecule has 0 aliphatic rings. The number of pyridine rings is 1. The van der Waals surface area contributed by atoms with Gasteiger partial charge in [-0.2, -0.15) is 0 Å². The summed E-state index contributed by atoms with van der Waals surface area (Å²) in [5.41, 5.74) is 6.41. The van der Waals surface area contributed by atoms with Crippen LogP contribution in [0.1, 0.15) is 5.56 Å². The Bertz CT molecular complexity index is 573. The standard InChI is InChI=1S/C11H12N2O2/c1-13-10-7(3-2-4-9(10)14)5-8(6-12)11(13)15/h2-5,14H,6,12H2,1H3. The number of hydrogen-bond acceptors (Lipinski definition) is 3. The van der Waals surface area contributed by atoms with Gasteiger partial charge in [-0.3, -0.25) is 4.79 Å². The molecule has 0 aliphatic carbocycles. The summed E-state index contributed by atoms with van der Waals surface area (Å²) in [4.78, 5) is 11.7. The van der Waals surface area contributed by atoms with Crippen LogP contribution in [0.25, 0.3) is 10.9 Å². The number of para-hydroxylation sites is 1. The van der Waals surface area contributed by atoms with Gasteiger partial charge < -0.3 is 15.4 Å². The molecule has 0 bridgehead atoms. The van der Waals surface area contributed by atoms with Crippen LogP contribution in [0.5, 0.6) is 5.75 Å². The number of aromatic nitrogens is 1. The summed E-state index contributed by atoms with van der Waals surface area (Å²) in [6.07, 6.45) is 0. The normalized spacial score (nSPS) is 10.8. The zero-order valence-corrected chi connectivity index (χ0v) is 8.40. The van der Waals surface area contributed by atoms with Gasteiger partial charge in [-0.25, -0.2) is 0 Å². The monoisotopic (exact) mass is 204 g/mol. The van der Waals surface area contributed by atoms with Gasteiger partial charge >= 0.3 is 0 Å². The van der Waals surface area contributed by atoms with Crippen LogP contribution in [-0.2, 0) is 13.6 Å². The zero-order chi connectivity index (χ0) is 11.0. The average molecular weight is 204 g/mol. The summed E-state index contributed by atoms with van der Waals surface area (Å²) in [7, 11) is 1.63. The predicted octanol–water partition coefficient (Wildman–Crippen LogP) is 0.703. The minimum Gasteiger partial charge on any atom is -0.506 e. The maximum atomic E-state index is 11.7. The number of nitrogens with zero attached hydrogens (tertiary/aromatic N) is 1. The Hall–Kier alpha value is -1.81. The lowest BCUT2D eigenvalue weighted by molar-refractivity contribution is 0.478. The highest BCUT2D eigenvalue weighted by Gasteiger charge is 2.07. The number of phenolic OH excluding ortho intramolecular Hbond substituents is 1. The van der Waals surface area contributed by atoms with Crippen LogP contribution in [0.15, 0.2) is 29.1 Å². The summed E-state index contributed by atoms with van der Waals surface area (Å²) >= 11 is 0. The van der Waals surface area contributed by atoms with E-state index >= 15 is 0 Å². The van der Waals surface area contributed by atoms with Crippen LogP contribution in [0.3, 0.4) is 0 Å². The summed E-state index contributed by atoms with van der Waals surface area (Å²) in [6, 6.07) is 6.86. The van der Waals surface area contributed by atoms with E-state index in [4.69, 9.17) is 5.73 Å². The molecule has 0 saturated carbocycles. The van der Waals surface area contributed by atoms with Crippen LogP contribution in [0, 0.1) is 0 Å². The molecule has 0 fully saturated rings. The fourth-order valence-electron chi connectivity index (χ4n) is 1.74. The van der Waals surface area contributed by atoms with Gasteiger partial charge in [0, 0.05) is 24.5 Å². The molecule has 1 heterocycles. The molecule has 1 aromatic carbocycles. The van der Waals surface area contributed by atoms with E-state index in [1.807, 2.05) is 6.07 Å². The summed E-state index contributed by atoms with van der Waals surface area (Å²) in [5.74, 6) is 0.107. The van der Waals surface area contributed by atoms with E-state index in [9.17, 15) is 9.90 Å². The van der Waals surface area contributed by atoms with Crippen molar-refractivity contribution in [1.29, 1.82) is 0 Å². The van der Waals surface area contributed by atoms with E-state index in [1.165, 1.54) is 4.57 Å². The Morgan fingerprint density at radius 3 is 2.87 bits per heavy atom. The van der Waals surface area contributed by atoms with Crippen molar-refractivity contribution in [2.45, 2.75) is 6.54 Å². The number of fused-ring (bicyclic) bond motifs is 1. The molecule has 0 atom stereocenters. The van der Waals surface area contributed by atoms with Crippen molar-refractivity contribution in [1.82, 2.24) is 4.57 Å². The summed E-state index contributed by atoms with van der Waals surface area (Å²) in [6.45, 7) is 0.207. The molecule has 78 valence electrons. The molecule has 0 spiro atoms. The average Bonchev–Trinajstić information content (AvgIpc) is 2.23. The molecule has 4 nitrogen and oxygen atoms in total. The van der Waals surface area contributed by atoms with Crippen molar-refractivity contribution in [2.24, 2.45) is 12.8 Å². The Balaban J connectivity index is 2.98. The van der Waals surface area contributed by atoms with Crippen molar-refractivity contribution < 1.29 is 5.11 Å². The van der Waals surface area contributed by atoms with Crippen molar-refractivity contribution >= 4 is 10.9 Å². The Morgan fingerprint density at radius 2 is 2.20 bits per heavy atom. The highest BCUT2D eigenvalue weighted by molar-refractivity contribution is 5.85. The maximum Gasteiger partial charge on any atom is 0.255 e.